The van der Waals surface area contributed by atoms with Crippen LogP contribution in [0.1, 0.15) is 31.4 Å². The van der Waals surface area contributed by atoms with Crippen LogP contribution in [-0.4, -0.2) is 29.0 Å². The fraction of sp³-hybridized carbons (Fsp3) is 0.533. The summed E-state index contributed by atoms with van der Waals surface area (Å²) in [5, 5.41) is 2.04. The van der Waals surface area contributed by atoms with Gasteiger partial charge in [-0.15, -0.1) is 11.3 Å². The van der Waals surface area contributed by atoms with E-state index in [2.05, 4.69) is 9.88 Å². The lowest BCUT2D eigenvalue weighted by molar-refractivity contribution is 0.132. The summed E-state index contributed by atoms with van der Waals surface area (Å²) < 4.78 is 5.59. The minimum Gasteiger partial charge on any atom is -0.444 e. The maximum Gasteiger partial charge on any atom is 0.236 e. The van der Waals surface area contributed by atoms with Gasteiger partial charge in [-0.3, -0.25) is 4.90 Å². The molecule has 3 rings (SSSR count). The number of rotatable bonds is 5. The van der Waals surface area contributed by atoms with Crippen LogP contribution < -0.4 is 5.73 Å². The first-order valence-electron chi connectivity index (χ1n) is 7.29. The Labute approximate surface area is 123 Å². The molecule has 2 aromatic rings. The standard InChI is InChI=1S/C15H21N3OS/c16-7-6-13-4-1-2-8-18(13)10-12-11-19-15(17-12)14-5-3-9-20-14/h3,5,9,11,13H,1-2,4,6-8,10,16H2. The van der Waals surface area contributed by atoms with Gasteiger partial charge in [-0.25, -0.2) is 4.98 Å². The Morgan fingerprint density at radius 2 is 2.40 bits per heavy atom. The summed E-state index contributed by atoms with van der Waals surface area (Å²) in [7, 11) is 0. The van der Waals surface area contributed by atoms with Gasteiger partial charge >= 0.3 is 0 Å². The first-order chi connectivity index (χ1) is 9.86. The third kappa shape index (κ3) is 3.11. The first-order valence-corrected chi connectivity index (χ1v) is 8.17. The van der Waals surface area contributed by atoms with Crippen molar-refractivity contribution >= 4 is 11.3 Å². The van der Waals surface area contributed by atoms with Crippen molar-refractivity contribution < 1.29 is 4.42 Å². The van der Waals surface area contributed by atoms with Crippen LogP contribution in [0.3, 0.4) is 0 Å². The Kier molecular flexibility index (Phi) is 4.50. The summed E-state index contributed by atoms with van der Waals surface area (Å²) in [6, 6.07) is 4.67. The van der Waals surface area contributed by atoms with E-state index in [1.807, 2.05) is 17.5 Å². The van der Waals surface area contributed by atoms with Gasteiger partial charge in [0.15, 0.2) is 0 Å². The Bertz CT molecular complexity index is 521. The second-order valence-corrected chi connectivity index (χ2v) is 6.27. The zero-order valence-electron chi connectivity index (χ0n) is 11.6. The summed E-state index contributed by atoms with van der Waals surface area (Å²) in [5.74, 6) is 0.738. The first kappa shape index (κ1) is 13.8. The largest absolute Gasteiger partial charge is 0.444 e. The summed E-state index contributed by atoms with van der Waals surface area (Å²) in [5.41, 5.74) is 6.75. The highest BCUT2D eigenvalue weighted by molar-refractivity contribution is 7.13. The molecule has 1 unspecified atom stereocenters. The van der Waals surface area contributed by atoms with Crippen molar-refractivity contribution in [1.29, 1.82) is 0 Å². The number of thiophene rings is 1. The van der Waals surface area contributed by atoms with Gasteiger partial charge in [0.1, 0.15) is 6.26 Å². The van der Waals surface area contributed by atoms with E-state index >= 15 is 0 Å². The van der Waals surface area contributed by atoms with Gasteiger partial charge in [0.05, 0.1) is 10.6 Å². The molecule has 0 saturated carbocycles. The molecule has 0 spiro atoms. The number of nitrogens with two attached hydrogens (primary N) is 1. The molecular weight excluding hydrogens is 270 g/mol. The van der Waals surface area contributed by atoms with Gasteiger partial charge in [-0.05, 0) is 43.8 Å². The molecule has 1 aliphatic rings. The van der Waals surface area contributed by atoms with Gasteiger partial charge in [-0.1, -0.05) is 12.5 Å². The number of likely N-dealkylation sites (tertiary alicyclic amines) is 1. The van der Waals surface area contributed by atoms with Crippen molar-refractivity contribution in [3.05, 3.63) is 29.5 Å². The Morgan fingerprint density at radius 3 is 3.20 bits per heavy atom. The molecule has 4 nitrogen and oxygen atoms in total. The van der Waals surface area contributed by atoms with Crippen molar-refractivity contribution in [2.45, 2.75) is 38.3 Å². The fourth-order valence-electron chi connectivity index (χ4n) is 2.89. The molecule has 1 fully saturated rings. The number of aromatic nitrogens is 1. The average molecular weight is 291 g/mol. The van der Waals surface area contributed by atoms with E-state index < -0.39 is 0 Å². The van der Waals surface area contributed by atoms with E-state index in [1.54, 1.807) is 17.6 Å². The highest BCUT2D eigenvalue weighted by atomic mass is 32.1. The van der Waals surface area contributed by atoms with Crippen LogP contribution in [0.15, 0.2) is 28.2 Å². The average Bonchev–Trinajstić information content (AvgIpc) is 3.12. The summed E-state index contributed by atoms with van der Waals surface area (Å²) >= 11 is 1.66. The quantitative estimate of drug-likeness (QED) is 0.919. The van der Waals surface area contributed by atoms with Crippen molar-refractivity contribution in [1.82, 2.24) is 9.88 Å². The molecule has 0 radical (unpaired) electrons. The number of hydrogen-bond donors (Lipinski definition) is 1. The van der Waals surface area contributed by atoms with Crippen LogP contribution in [0, 0.1) is 0 Å². The molecule has 0 amide bonds. The predicted octanol–water partition coefficient (Wildman–Crippen LogP) is 3.11. The minimum absolute atomic E-state index is 0.607. The molecule has 3 heterocycles. The lowest BCUT2D eigenvalue weighted by atomic mass is 9.99. The normalized spacial score (nSPS) is 20.4. The fourth-order valence-corrected chi connectivity index (χ4v) is 3.54. The summed E-state index contributed by atoms with van der Waals surface area (Å²) in [4.78, 5) is 8.21. The highest BCUT2D eigenvalue weighted by Crippen LogP contribution is 2.26. The SMILES string of the molecule is NCCC1CCCCN1Cc1coc(-c2cccs2)n1. The second-order valence-electron chi connectivity index (χ2n) is 5.32. The Balaban J connectivity index is 1.67. The zero-order valence-corrected chi connectivity index (χ0v) is 12.4. The Hall–Kier alpha value is -1.17. The molecular formula is C15H21N3OS. The maximum absolute atomic E-state index is 5.72. The van der Waals surface area contributed by atoms with Crippen molar-refractivity contribution in [3.63, 3.8) is 0 Å². The van der Waals surface area contributed by atoms with Gasteiger partial charge in [-0.2, -0.15) is 0 Å². The van der Waals surface area contributed by atoms with Crippen molar-refractivity contribution in [3.8, 4) is 10.8 Å². The van der Waals surface area contributed by atoms with Gasteiger partial charge in [0.2, 0.25) is 5.89 Å². The Morgan fingerprint density at radius 1 is 1.45 bits per heavy atom. The lowest BCUT2D eigenvalue weighted by Gasteiger charge is -2.35. The maximum atomic E-state index is 5.72. The van der Waals surface area contributed by atoms with Crippen LogP contribution in [0.5, 0.6) is 0 Å². The molecule has 1 atom stereocenters. The molecule has 0 bridgehead atoms. The monoisotopic (exact) mass is 291 g/mol. The summed E-state index contributed by atoms with van der Waals surface area (Å²) in [6.45, 7) is 2.78. The van der Waals surface area contributed by atoms with E-state index in [9.17, 15) is 0 Å². The van der Waals surface area contributed by atoms with Crippen molar-refractivity contribution in [2.24, 2.45) is 5.73 Å². The number of hydrogen-bond acceptors (Lipinski definition) is 5. The molecule has 108 valence electrons. The van der Waals surface area contributed by atoms with Crippen molar-refractivity contribution in [2.75, 3.05) is 13.1 Å². The van der Waals surface area contributed by atoms with E-state index in [0.29, 0.717) is 6.04 Å². The third-order valence-electron chi connectivity index (χ3n) is 3.90. The zero-order chi connectivity index (χ0) is 13.8. The van der Waals surface area contributed by atoms with Crippen LogP contribution in [0.2, 0.25) is 0 Å². The highest BCUT2D eigenvalue weighted by Gasteiger charge is 2.22. The molecule has 5 heteroatoms. The molecule has 0 aromatic carbocycles. The lowest BCUT2D eigenvalue weighted by Crippen LogP contribution is -2.40. The molecule has 2 N–H and O–H groups in total. The molecule has 20 heavy (non-hydrogen) atoms. The predicted molar refractivity (Wildman–Crippen MR) is 81.5 cm³/mol. The second kappa shape index (κ2) is 6.52. The van der Waals surface area contributed by atoms with Crippen LogP contribution in [0.25, 0.3) is 10.8 Å². The smallest absolute Gasteiger partial charge is 0.236 e. The third-order valence-corrected chi connectivity index (χ3v) is 4.76. The van der Waals surface area contributed by atoms with E-state index in [4.69, 9.17) is 10.2 Å². The summed E-state index contributed by atoms with van der Waals surface area (Å²) in [6.07, 6.45) is 6.72. The number of nitrogens with zero attached hydrogens (tertiary/aromatic N) is 2. The van der Waals surface area contributed by atoms with E-state index in [-0.39, 0.29) is 0 Å². The van der Waals surface area contributed by atoms with Crippen LogP contribution in [0.4, 0.5) is 0 Å². The van der Waals surface area contributed by atoms with Crippen LogP contribution >= 0.6 is 11.3 Å². The molecule has 2 aromatic heterocycles. The molecule has 0 aliphatic carbocycles. The van der Waals surface area contributed by atoms with Crippen LogP contribution in [-0.2, 0) is 6.54 Å². The topological polar surface area (TPSA) is 55.3 Å². The van der Waals surface area contributed by atoms with Gasteiger partial charge < -0.3 is 10.2 Å². The number of oxazole rings is 1. The van der Waals surface area contributed by atoms with E-state index in [1.165, 1.54) is 19.3 Å². The van der Waals surface area contributed by atoms with Gasteiger partial charge in [0, 0.05) is 12.6 Å². The molecule has 1 saturated heterocycles. The van der Waals surface area contributed by atoms with Gasteiger partial charge in [0.25, 0.3) is 0 Å². The minimum atomic E-state index is 0.607. The van der Waals surface area contributed by atoms with E-state index in [0.717, 1.165) is 42.5 Å². The number of piperidine rings is 1. The molecule has 1 aliphatic heterocycles.